The molecule has 0 aliphatic heterocycles. The summed E-state index contributed by atoms with van der Waals surface area (Å²) in [6.07, 6.45) is 0. The monoisotopic (exact) mass is 224 g/mol. The van der Waals surface area contributed by atoms with Crippen molar-refractivity contribution in [3.8, 4) is 0 Å². The number of amides is 1. The molecule has 0 fully saturated rings. The molecule has 0 aromatic heterocycles. The van der Waals surface area contributed by atoms with Crippen molar-refractivity contribution in [1.29, 1.82) is 0 Å². The lowest BCUT2D eigenvalue weighted by Gasteiger charge is -2.29. The summed E-state index contributed by atoms with van der Waals surface area (Å²) in [5.41, 5.74) is -0.423. The van der Waals surface area contributed by atoms with Crippen LogP contribution in [0.25, 0.3) is 0 Å². The summed E-state index contributed by atoms with van der Waals surface area (Å²) in [5, 5.41) is 2.90. The van der Waals surface area contributed by atoms with Gasteiger partial charge in [0, 0.05) is 7.05 Å². The van der Waals surface area contributed by atoms with E-state index in [-0.39, 0.29) is 11.6 Å². The van der Waals surface area contributed by atoms with Crippen molar-refractivity contribution in [3.05, 3.63) is 30.1 Å². The highest BCUT2D eigenvalue weighted by Crippen LogP contribution is 2.19. The maximum Gasteiger partial charge on any atom is 0.246 e. The molecule has 88 valence electrons. The van der Waals surface area contributed by atoms with Crippen LogP contribution in [-0.2, 0) is 4.79 Å². The maximum atomic E-state index is 13.5. The number of halogens is 1. The molecule has 3 nitrogen and oxygen atoms in total. The SMILES string of the molecule is CNC(C)(C)C(=O)N(C)c1ccccc1F. The van der Waals surface area contributed by atoms with Gasteiger partial charge in [-0.25, -0.2) is 4.39 Å². The van der Waals surface area contributed by atoms with Crippen LogP contribution in [0, 0.1) is 5.82 Å². The molecule has 0 saturated carbocycles. The zero-order chi connectivity index (χ0) is 12.3. The van der Waals surface area contributed by atoms with E-state index < -0.39 is 11.4 Å². The van der Waals surface area contributed by atoms with Crippen molar-refractivity contribution >= 4 is 11.6 Å². The Morgan fingerprint density at radius 3 is 2.44 bits per heavy atom. The molecule has 1 aromatic carbocycles. The summed E-state index contributed by atoms with van der Waals surface area (Å²) in [4.78, 5) is 13.4. The molecule has 0 aliphatic rings. The largest absolute Gasteiger partial charge is 0.311 e. The number of rotatable bonds is 3. The number of hydrogen-bond acceptors (Lipinski definition) is 2. The third-order valence-corrected chi connectivity index (χ3v) is 2.68. The number of para-hydroxylation sites is 1. The first-order chi connectivity index (χ1) is 7.40. The molecule has 0 aliphatic carbocycles. The van der Waals surface area contributed by atoms with Gasteiger partial charge in [-0.15, -0.1) is 0 Å². The number of likely N-dealkylation sites (N-methyl/N-ethyl adjacent to an activating group) is 2. The Morgan fingerprint density at radius 1 is 1.38 bits per heavy atom. The molecule has 16 heavy (non-hydrogen) atoms. The van der Waals surface area contributed by atoms with E-state index in [9.17, 15) is 9.18 Å². The summed E-state index contributed by atoms with van der Waals surface area (Å²) in [7, 11) is 3.27. The minimum absolute atomic E-state index is 0.180. The van der Waals surface area contributed by atoms with Crippen molar-refractivity contribution in [2.45, 2.75) is 19.4 Å². The molecule has 1 N–H and O–H groups in total. The molecule has 0 atom stereocenters. The van der Waals surface area contributed by atoms with Crippen LogP contribution in [0.2, 0.25) is 0 Å². The van der Waals surface area contributed by atoms with Crippen LogP contribution in [0.1, 0.15) is 13.8 Å². The Morgan fingerprint density at radius 2 is 1.94 bits per heavy atom. The summed E-state index contributed by atoms with van der Waals surface area (Å²) in [6, 6.07) is 6.22. The molecule has 0 unspecified atom stereocenters. The first-order valence-electron chi connectivity index (χ1n) is 5.11. The predicted molar refractivity (Wildman–Crippen MR) is 62.9 cm³/mol. The van der Waals surface area contributed by atoms with Gasteiger partial charge >= 0.3 is 0 Å². The average Bonchev–Trinajstić information content (AvgIpc) is 2.27. The standard InChI is InChI=1S/C12H17FN2O/c1-12(2,14-3)11(16)15(4)10-8-6-5-7-9(10)13/h5-8,14H,1-4H3. The normalized spacial score (nSPS) is 11.3. The van der Waals surface area contributed by atoms with Gasteiger partial charge in [0.25, 0.3) is 0 Å². The zero-order valence-electron chi connectivity index (χ0n) is 10.0. The van der Waals surface area contributed by atoms with Gasteiger partial charge in [0.05, 0.1) is 11.2 Å². The van der Waals surface area contributed by atoms with Crippen molar-refractivity contribution < 1.29 is 9.18 Å². The molecule has 0 radical (unpaired) electrons. The molecule has 0 saturated heterocycles. The number of benzene rings is 1. The fraction of sp³-hybridized carbons (Fsp3) is 0.417. The Hall–Kier alpha value is -1.42. The fourth-order valence-corrected chi connectivity index (χ4v) is 1.36. The van der Waals surface area contributed by atoms with Crippen LogP contribution >= 0.6 is 0 Å². The second kappa shape index (κ2) is 4.61. The second-order valence-electron chi connectivity index (χ2n) is 4.19. The van der Waals surface area contributed by atoms with Gasteiger partial charge < -0.3 is 10.2 Å². The summed E-state index contributed by atoms with van der Waals surface area (Å²) < 4.78 is 13.5. The number of carbonyl (C=O) groups is 1. The first kappa shape index (κ1) is 12.6. The van der Waals surface area contributed by atoms with E-state index in [1.807, 2.05) is 0 Å². The third-order valence-electron chi connectivity index (χ3n) is 2.68. The molecule has 0 bridgehead atoms. The Kier molecular flexibility index (Phi) is 3.65. The van der Waals surface area contributed by atoms with Crippen LogP contribution in [0.3, 0.4) is 0 Å². The molecular weight excluding hydrogens is 207 g/mol. The minimum atomic E-state index is -0.711. The molecule has 1 rings (SSSR count). The molecule has 1 amide bonds. The predicted octanol–water partition coefficient (Wildman–Crippen LogP) is 1.79. The highest BCUT2D eigenvalue weighted by atomic mass is 19.1. The summed E-state index contributed by atoms with van der Waals surface area (Å²) in [6.45, 7) is 3.51. The van der Waals surface area contributed by atoms with Gasteiger partial charge in [0.1, 0.15) is 5.82 Å². The number of carbonyl (C=O) groups excluding carboxylic acids is 1. The number of nitrogens with one attached hydrogen (secondary N) is 1. The van der Waals surface area contributed by atoms with Crippen molar-refractivity contribution in [2.24, 2.45) is 0 Å². The molecule has 0 heterocycles. The highest BCUT2D eigenvalue weighted by Gasteiger charge is 2.29. The number of hydrogen-bond donors (Lipinski definition) is 1. The van der Waals surface area contributed by atoms with E-state index in [0.29, 0.717) is 0 Å². The van der Waals surface area contributed by atoms with Gasteiger partial charge in [-0.05, 0) is 33.0 Å². The van der Waals surface area contributed by atoms with E-state index in [1.165, 1.54) is 11.0 Å². The van der Waals surface area contributed by atoms with Gasteiger partial charge in [-0.2, -0.15) is 0 Å². The zero-order valence-corrected chi connectivity index (χ0v) is 10.0. The second-order valence-corrected chi connectivity index (χ2v) is 4.19. The Balaban J connectivity index is 3.00. The van der Waals surface area contributed by atoms with Gasteiger partial charge in [-0.1, -0.05) is 12.1 Å². The molecule has 4 heteroatoms. The minimum Gasteiger partial charge on any atom is -0.311 e. The topological polar surface area (TPSA) is 32.3 Å². The lowest BCUT2D eigenvalue weighted by molar-refractivity contribution is -0.123. The Labute approximate surface area is 95.3 Å². The van der Waals surface area contributed by atoms with Crippen LogP contribution in [-0.4, -0.2) is 25.5 Å². The summed E-state index contributed by atoms with van der Waals surface area (Å²) in [5.74, 6) is -0.578. The summed E-state index contributed by atoms with van der Waals surface area (Å²) >= 11 is 0. The maximum absolute atomic E-state index is 13.5. The molecule has 0 spiro atoms. The first-order valence-corrected chi connectivity index (χ1v) is 5.11. The molecule has 1 aromatic rings. The van der Waals surface area contributed by atoms with Gasteiger partial charge in [0.2, 0.25) is 5.91 Å². The quantitative estimate of drug-likeness (QED) is 0.849. The van der Waals surface area contributed by atoms with E-state index in [2.05, 4.69) is 5.32 Å². The van der Waals surface area contributed by atoms with Gasteiger partial charge in [0.15, 0.2) is 0 Å². The van der Waals surface area contributed by atoms with Crippen LogP contribution in [0.5, 0.6) is 0 Å². The lowest BCUT2D eigenvalue weighted by Crippen LogP contribution is -2.52. The fourth-order valence-electron chi connectivity index (χ4n) is 1.36. The van der Waals surface area contributed by atoms with E-state index in [1.54, 1.807) is 46.1 Å². The lowest BCUT2D eigenvalue weighted by atomic mass is 10.0. The van der Waals surface area contributed by atoms with E-state index in [0.717, 1.165) is 0 Å². The molecular formula is C12H17FN2O. The average molecular weight is 224 g/mol. The van der Waals surface area contributed by atoms with Crippen LogP contribution in [0.4, 0.5) is 10.1 Å². The van der Waals surface area contributed by atoms with E-state index >= 15 is 0 Å². The van der Waals surface area contributed by atoms with Crippen molar-refractivity contribution in [2.75, 3.05) is 19.0 Å². The highest BCUT2D eigenvalue weighted by molar-refractivity contribution is 5.99. The number of nitrogens with zero attached hydrogens (tertiary/aromatic N) is 1. The van der Waals surface area contributed by atoms with E-state index in [4.69, 9.17) is 0 Å². The smallest absolute Gasteiger partial charge is 0.246 e. The van der Waals surface area contributed by atoms with Gasteiger partial charge in [-0.3, -0.25) is 4.79 Å². The van der Waals surface area contributed by atoms with Crippen molar-refractivity contribution in [3.63, 3.8) is 0 Å². The van der Waals surface area contributed by atoms with Crippen LogP contribution in [0.15, 0.2) is 24.3 Å². The van der Waals surface area contributed by atoms with Crippen LogP contribution < -0.4 is 10.2 Å². The van der Waals surface area contributed by atoms with Crippen molar-refractivity contribution in [1.82, 2.24) is 5.32 Å². The third kappa shape index (κ3) is 2.39. The Bertz CT molecular complexity index is 390. The number of anilines is 1.